The van der Waals surface area contributed by atoms with Gasteiger partial charge in [-0.3, -0.25) is 19.2 Å². The zero-order valence-electron chi connectivity index (χ0n) is 25.9. The van der Waals surface area contributed by atoms with E-state index in [-0.39, 0.29) is 37.0 Å². The summed E-state index contributed by atoms with van der Waals surface area (Å²) < 4.78 is 27.8. The minimum atomic E-state index is -1.14. The van der Waals surface area contributed by atoms with Crippen LogP contribution >= 0.6 is 0 Å². The van der Waals surface area contributed by atoms with Gasteiger partial charge in [-0.1, -0.05) is 66.7 Å². The smallest absolute Gasteiger partial charge is 0.247 e. The first kappa shape index (κ1) is 32.7. The van der Waals surface area contributed by atoms with Gasteiger partial charge in [-0.05, 0) is 56.0 Å². The van der Waals surface area contributed by atoms with Crippen LogP contribution in [0.25, 0.3) is 0 Å². The first-order valence-electron chi connectivity index (χ1n) is 15.6. The molecule has 2 aliphatic heterocycles. The average Bonchev–Trinajstić information content (AvgIpc) is 3.49. The second-order valence-electron chi connectivity index (χ2n) is 11.9. The first-order valence-corrected chi connectivity index (χ1v) is 15.6. The molecule has 0 spiro atoms. The molecule has 4 amide bonds. The van der Waals surface area contributed by atoms with Gasteiger partial charge in [-0.25, -0.2) is 8.78 Å². The fourth-order valence-corrected chi connectivity index (χ4v) is 6.22. The molecule has 3 aromatic rings. The van der Waals surface area contributed by atoms with Crippen LogP contribution in [0.4, 0.5) is 8.78 Å². The molecule has 0 aromatic heterocycles. The van der Waals surface area contributed by atoms with Gasteiger partial charge in [0.25, 0.3) is 0 Å². The average molecular weight is 632 g/mol. The van der Waals surface area contributed by atoms with Crippen molar-refractivity contribution in [3.63, 3.8) is 0 Å². The number of fused-ring (bicyclic) bond motifs is 1. The van der Waals surface area contributed by atoms with Crippen molar-refractivity contribution >= 4 is 23.6 Å². The third-order valence-electron chi connectivity index (χ3n) is 8.90. The highest BCUT2D eigenvalue weighted by Crippen LogP contribution is 2.31. The summed E-state index contributed by atoms with van der Waals surface area (Å²) in [7, 11) is 1.62. The standard InChI is InChI=1S/C35H39F2N5O4/c1-22(38-2)33(44)39-29-21-41(31(43)19-25-13-14-26(36)20-28(25)37)18-17-27-15-16-30(42(27)35(29)46)34(45)40-32(23-9-5-3-6-10-23)24-11-7-4-8-12-24/h3-14,20,22,27,29-30,32,38H,15-19,21H2,1-2H3,(H,39,44)(H,40,45)/t22-,27+,29-,30-/m0/s1. The Hall–Kier alpha value is -4.64. The van der Waals surface area contributed by atoms with Gasteiger partial charge in [0.05, 0.1) is 18.5 Å². The number of carbonyl (C=O) groups is 4. The molecule has 2 fully saturated rings. The molecule has 3 aromatic carbocycles. The molecule has 4 atom stereocenters. The highest BCUT2D eigenvalue weighted by molar-refractivity contribution is 5.94. The summed E-state index contributed by atoms with van der Waals surface area (Å²) in [5.41, 5.74) is 1.83. The van der Waals surface area contributed by atoms with Crippen LogP contribution in [0.3, 0.4) is 0 Å². The van der Waals surface area contributed by atoms with Crippen LogP contribution in [-0.2, 0) is 25.6 Å². The van der Waals surface area contributed by atoms with Gasteiger partial charge < -0.3 is 25.8 Å². The molecule has 9 nitrogen and oxygen atoms in total. The molecule has 0 aliphatic carbocycles. The number of nitrogens with one attached hydrogen (secondary N) is 3. The van der Waals surface area contributed by atoms with E-state index in [2.05, 4.69) is 16.0 Å². The van der Waals surface area contributed by atoms with E-state index in [9.17, 15) is 28.0 Å². The van der Waals surface area contributed by atoms with Crippen molar-refractivity contribution < 1.29 is 28.0 Å². The van der Waals surface area contributed by atoms with E-state index >= 15 is 0 Å². The number of carbonyl (C=O) groups excluding carboxylic acids is 4. The lowest BCUT2D eigenvalue weighted by atomic mass is 9.98. The lowest BCUT2D eigenvalue weighted by Gasteiger charge is -2.39. The quantitative estimate of drug-likeness (QED) is 0.336. The van der Waals surface area contributed by atoms with Gasteiger partial charge in [0.15, 0.2) is 0 Å². The van der Waals surface area contributed by atoms with E-state index in [1.165, 1.54) is 11.0 Å². The van der Waals surface area contributed by atoms with Crippen LogP contribution in [0.5, 0.6) is 0 Å². The Morgan fingerprint density at radius 1 is 0.913 bits per heavy atom. The molecule has 46 heavy (non-hydrogen) atoms. The third-order valence-corrected chi connectivity index (χ3v) is 8.90. The number of rotatable bonds is 9. The van der Waals surface area contributed by atoms with Crippen molar-refractivity contribution in [1.29, 1.82) is 0 Å². The van der Waals surface area contributed by atoms with Crippen LogP contribution < -0.4 is 16.0 Å². The highest BCUT2D eigenvalue weighted by Gasteiger charge is 2.46. The largest absolute Gasteiger partial charge is 0.343 e. The molecule has 2 aliphatic rings. The summed E-state index contributed by atoms with van der Waals surface area (Å²) in [4.78, 5) is 57.7. The Balaban J connectivity index is 1.39. The van der Waals surface area contributed by atoms with Crippen molar-refractivity contribution in [2.24, 2.45) is 0 Å². The van der Waals surface area contributed by atoms with Crippen molar-refractivity contribution in [3.8, 4) is 0 Å². The maximum atomic E-state index is 14.4. The molecule has 0 unspecified atom stereocenters. The summed E-state index contributed by atoms with van der Waals surface area (Å²) >= 11 is 0. The van der Waals surface area contributed by atoms with Crippen LogP contribution in [-0.4, -0.2) is 77.7 Å². The third kappa shape index (κ3) is 7.42. The van der Waals surface area contributed by atoms with Gasteiger partial charge in [-0.15, -0.1) is 0 Å². The summed E-state index contributed by atoms with van der Waals surface area (Å²) in [6.07, 6.45) is 1.03. The normalized spacial score (nSPS) is 20.5. The maximum absolute atomic E-state index is 14.4. The van der Waals surface area contributed by atoms with E-state index < -0.39 is 53.5 Å². The number of hydrogen-bond acceptors (Lipinski definition) is 5. The first-order chi connectivity index (χ1) is 22.2. The number of likely N-dealkylation sites (N-methyl/N-ethyl adjacent to an activating group) is 1. The Morgan fingerprint density at radius 2 is 1.57 bits per heavy atom. The summed E-state index contributed by atoms with van der Waals surface area (Å²) in [5, 5.41) is 8.79. The molecule has 0 bridgehead atoms. The molecule has 2 saturated heterocycles. The number of amides is 4. The summed E-state index contributed by atoms with van der Waals surface area (Å²) in [5.74, 6) is -3.23. The molecule has 11 heteroatoms. The van der Waals surface area contributed by atoms with Gasteiger partial charge in [0.2, 0.25) is 23.6 Å². The zero-order chi connectivity index (χ0) is 32.8. The maximum Gasteiger partial charge on any atom is 0.247 e. The van der Waals surface area contributed by atoms with Crippen LogP contribution in [0.1, 0.15) is 48.9 Å². The fourth-order valence-electron chi connectivity index (χ4n) is 6.22. The van der Waals surface area contributed by atoms with Crippen LogP contribution in [0, 0.1) is 11.6 Å². The summed E-state index contributed by atoms with van der Waals surface area (Å²) in [6, 6.07) is 18.9. The predicted octanol–water partition coefficient (Wildman–Crippen LogP) is 3.10. The van der Waals surface area contributed by atoms with E-state index in [1.54, 1.807) is 18.9 Å². The highest BCUT2D eigenvalue weighted by atomic mass is 19.1. The zero-order valence-corrected chi connectivity index (χ0v) is 25.9. The monoisotopic (exact) mass is 631 g/mol. The van der Waals surface area contributed by atoms with Crippen LogP contribution in [0.15, 0.2) is 78.9 Å². The lowest BCUT2D eigenvalue weighted by molar-refractivity contribution is -0.147. The molecule has 0 saturated carbocycles. The van der Waals surface area contributed by atoms with Crippen molar-refractivity contribution in [1.82, 2.24) is 25.8 Å². The molecule has 0 radical (unpaired) electrons. The molecule has 5 rings (SSSR count). The molecule has 2 heterocycles. The molecule has 3 N–H and O–H groups in total. The lowest BCUT2D eigenvalue weighted by Crippen LogP contribution is -2.62. The Morgan fingerprint density at radius 3 is 2.17 bits per heavy atom. The predicted molar refractivity (Wildman–Crippen MR) is 168 cm³/mol. The minimum absolute atomic E-state index is 0.0368. The molecular formula is C35H39F2N5O4. The van der Waals surface area contributed by atoms with Crippen molar-refractivity contribution in [2.75, 3.05) is 20.1 Å². The number of nitrogens with zero attached hydrogens (tertiary/aromatic N) is 2. The molecular weight excluding hydrogens is 592 g/mol. The van der Waals surface area contributed by atoms with Crippen LogP contribution in [0.2, 0.25) is 0 Å². The van der Waals surface area contributed by atoms with Crippen molar-refractivity contribution in [3.05, 3.63) is 107 Å². The minimum Gasteiger partial charge on any atom is -0.343 e. The van der Waals surface area contributed by atoms with E-state index in [0.717, 1.165) is 23.3 Å². The van der Waals surface area contributed by atoms with E-state index in [0.29, 0.717) is 19.3 Å². The summed E-state index contributed by atoms with van der Waals surface area (Å²) in [6.45, 7) is 1.72. The Kier molecular flexibility index (Phi) is 10.4. The SMILES string of the molecule is CN[C@@H](C)C(=O)N[C@H]1CN(C(=O)Cc2ccc(F)cc2F)CC[C@H]2CC[C@@H](C(=O)NC(c3ccccc3)c3ccccc3)N2C1=O. The number of hydrogen-bond donors (Lipinski definition) is 3. The van der Waals surface area contributed by atoms with E-state index in [1.807, 2.05) is 60.7 Å². The Labute approximate surface area is 267 Å². The van der Waals surface area contributed by atoms with Gasteiger partial charge in [-0.2, -0.15) is 0 Å². The second kappa shape index (κ2) is 14.6. The Bertz CT molecular complexity index is 1520. The second-order valence-corrected chi connectivity index (χ2v) is 11.9. The van der Waals surface area contributed by atoms with Gasteiger partial charge in [0.1, 0.15) is 23.7 Å². The number of halogens is 2. The topological polar surface area (TPSA) is 111 Å². The van der Waals surface area contributed by atoms with Gasteiger partial charge >= 0.3 is 0 Å². The van der Waals surface area contributed by atoms with Gasteiger partial charge in [0, 0.05) is 25.2 Å². The fraction of sp³-hybridized carbons (Fsp3) is 0.371. The number of benzene rings is 3. The molecule has 242 valence electrons. The van der Waals surface area contributed by atoms with Crippen molar-refractivity contribution in [2.45, 2.75) is 62.8 Å². The van der Waals surface area contributed by atoms with E-state index in [4.69, 9.17) is 0 Å².